The molecule has 0 fully saturated rings. The molecular weight excluding hydrogens is 380 g/mol. The smallest absolute Gasteiger partial charge is 0.110 e. The first-order chi connectivity index (χ1) is 14.8. The lowest BCUT2D eigenvalue weighted by atomic mass is 9.97. The second-order valence-corrected chi connectivity index (χ2v) is 7.85. The lowest BCUT2D eigenvalue weighted by Crippen LogP contribution is -2.24. The monoisotopic (exact) mass is 404 g/mol. The number of rotatable bonds is 5. The lowest BCUT2D eigenvalue weighted by molar-refractivity contribution is 1.00. The van der Waals surface area contributed by atoms with Crippen molar-refractivity contribution >= 4 is 35.2 Å². The van der Waals surface area contributed by atoms with Gasteiger partial charge in [-0.25, -0.2) is 0 Å². The molecule has 3 aromatic carbocycles. The summed E-state index contributed by atoms with van der Waals surface area (Å²) in [5, 5.41) is 6.71. The van der Waals surface area contributed by atoms with E-state index in [2.05, 4.69) is 62.7 Å². The van der Waals surface area contributed by atoms with Crippen molar-refractivity contribution in [2.75, 3.05) is 0 Å². The normalized spacial score (nSPS) is 10.9. The maximum Gasteiger partial charge on any atom is 0.110 e. The number of aryl methyl sites for hydroxylation is 1. The van der Waals surface area contributed by atoms with Crippen LogP contribution < -0.4 is 10.7 Å². The van der Waals surface area contributed by atoms with E-state index in [1.54, 1.807) is 0 Å². The minimum Gasteiger partial charge on any atom is -0.310 e. The molecule has 0 atom stereocenters. The van der Waals surface area contributed by atoms with E-state index in [4.69, 9.17) is 0 Å². The van der Waals surface area contributed by atoms with Crippen molar-refractivity contribution < 1.29 is 0 Å². The van der Waals surface area contributed by atoms with Crippen LogP contribution in [0.5, 0.6) is 0 Å². The fourth-order valence-corrected chi connectivity index (χ4v) is 4.07. The molecule has 0 unspecified atom stereocenters. The highest BCUT2D eigenvalue weighted by atomic mass is 16.3. The van der Waals surface area contributed by atoms with Crippen LogP contribution in [0.3, 0.4) is 0 Å². The summed E-state index contributed by atoms with van der Waals surface area (Å²) in [7, 11) is 0. The van der Waals surface area contributed by atoms with Gasteiger partial charge in [-0.15, -0.1) is 4.91 Å². The summed E-state index contributed by atoms with van der Waals surface area (Å²) in [5.41, 5.74) is 6.98. The SMILES string of the molecule is C=C(C)c1ccc2c(=C)n(-c3cc(-c4ccccc4C)ccc3C(=C)N=O)c(=C)c2c1. The molecule has 0 amide bonds. The van der Waals surface area contributed by atoms with Gasteiger partial charge in [0.05, 0.1) is 5.69 Å². The molecule has 4 aromatic rings. The Labute approximate surface area is 182 Å². The van der Waals surface area contributed by atoms with Crippen molar-refractivity contribution in [1.82, 2.24) is 4.57 Å². The summed E-state index contributed by atoms with van der Waals surface area (Å²) in [6, 6.07) is 20.3. The van der Waals surface area contributed by atoms with Crippen LogP contribution in [0.2, 0.25) is 0 Å². The second-order valence-electron chi connectivity index (χ2n) is 7.85. The Kier molecular flexibility index (Phi) is 5.04. The Morgan fingerprint density at radius 2 is 1.61 bits per heavy atom. The van der Waals surface area contributed by atoms with E-state index in [0.717, 1.165) is 49.4 Å². The summed E-state index contributed by atoms with van der Waals surface area (Å²) >= 11 is 0. The Morgan fingerprint density at radius 1 is 0.903 bits per heavy atom. The van der Waals surface area contributed by atoms with E-state index in [9.17, 15) is 4.91 Å². The number of aromatic nitrogens is 1. The Morgan fingerprint density at radius 3 is 2.29 bits per heavy atom. The molecule has 1 heterocycles. The van der Waals surface area contributed by atoms with Crippen molar-refractivity contribution in [3.8, 4) is 16.8 Å². The molecule has 0 aliphatic carbocycles. The third kappa shape index (κ3) is 3.34. The van der Waals surface area contributed by atoms with Crippen LogP contribution in [0.15, 0.2) is 79.0 Å². The van der Waals surface area contributed by atoms with Gasteiger partial charge in [0.25, 0.3) is 0 Å². The highest BCUT2D eigenvalue weighted by Gasteiger charge is 2.15. The van der Waals surface area contributed by atoms with Crippen molar-refractivity contribution in [3.63, 3.8) is 0 Å². The summed E-state index contributed by atoms with van der Waals surface area (Å²) in [5.74, 6) is 0. The maximum absolute atomic E-state index is 11.4. The zero-order chi connectivity index (χ0) is 22.3. The van der Waals surface area contributed by atoms with E-state index < -0.39 is 0 Å². The number of nitroso groups, excluding NO2 is 1. The van der Waals surface area contributed by atoms with E-state index in [1.807, 2.05) is 47.9 Å². The van der Waals surface area contributed by atoms with Crippen LogP contribution >= 0.6 is 0 Å². The van der Waals surface area contributed by atoms with E-state index in [0.29, 0.717) is 5.56 Å². The predicted molar refractivity (Wildman–Crippen MR) is 133 cm³/mol. The van der Waals surface area contributed by atoms with Crippen LogP contribution in [0, 0.1) is 11.8 Å². The number of fused-ring (bicyclic) bond motifs is 1. The fraction of sp³-hybridized carbons (Fsp3) is 0.0714. The average Bonchev–Trinajstić information content (AvgIpc) is 3.02. The van der Waals surface area contributed by atoms with Gasteiger partial charge >= 0.3 is 0 Å². The van der Waals surface area contributed by atoms with E-state index in [-0.39, 0.29) is 5.70 Å². The van der Waals surface area contributed by atoms with Gasteiger partial charge in [0.15, 0.2) is 0 Å². The minimum absolute atomic E-state index is 0.172. The molecule has 0 N–H and O–H groups in total. The van der Waals surface area contributed by atoms with Crippen molar-refractivity contribution in [1.29, 1.82) is 0 Å². The van der Waals surface area contributed by atoms with Gasteiger partial charge in [0.2, 0.25) is 0 Å². The number of allylic oxidation sites excluding steroid dienone is 1. The van der Waals surface area contributed by atoms with Gasteiger partial charge in [0, 0.05) is 27.0 Å². The van der Waals surface area contributed by atoms with Crippen LogP contribution in [0.1, 0.15) is 23.6 Å². The van der Waals surface area contributed by atoms with Crippen LogP contribution in [0.4, 0.5) is 0 Å². The van der Waals surface area contributed by atoms with Gasteiger partial charge in [0.1, 0.15) is 5.70 Å². The zero-order valence-corrected chi connectivity index (χ0v) is 17.9. The van der Waals surface area contributed by atoms with Gasteiger partial charge in [-0.2, -0.15) is 0 Å². The molecule has 0 aliphatic rings. The number of hydrogen-bond donors (Lipinski definition) is 0. The topological polar surface area (TPSA) is 34.4 Å². The molecule has 152 valence electrons. The van der Waals surface area contributed by atoms with Gasteiger partial charge in [-0.05, 0) is 59.5 Å². The molecule has 4 rings (SSSR count). The number of hydrogen-bond acceptors (Lipinski definition) is 2. The number of benzene rings is 3. The molecule has 3 heteroatoms. The number of nitrogens with zero attached hydrogens (tertiary/aromatic N) is 2. The molecule has 3 nitrogen and oxygen atoms in total. The first kappa shape index (κ1) is 20.3. The largest absolute Gasteiger partial charge is 0.310 e. The quantitative estimate of drug-likeness (QED) is 0.365. The molecule has 0 aliphatic heterocycles. The minimum atomic E-state index is 0.172. The Balaban J connectivity index is 2.07. The maximum atomic E-state index is 11.4. The Bertz CT molecular complexity index is 1490. The Hall–Kier alpha value is -3.98. The molecular formula is C28H24N2O. The zero-order valence-electron chi connectivity index (χ0n) is 17.9. The van der Waals surface area contributed by atoms with Gasteiger partial charge < -0.3 is 4.57 Å². The third-order valence-electron chi connectivity index (χ3n) is 5.79. The highest BCUT2D eigenvalue weighted by Crippen LogP contribution is 2.30. The van der Waals surface area contributed by atoms with Crippen LogP contribution in [-0.4, -0.2) is 4.57 Å². The lowest BCUT2D eigenvalue weighted by Gasteiger charge is -2.14. The first-order valence-electron chi connectivity index (χ1n) is 10.0. The predicted octanol–water partition coefficient (Wildman–Crippen LogP) is 6.20. The highest BCUT2D eigenvalue weighted by molar-refractivity contribution is 5.88. The molecule has 0 saturated carbocycles. The molecule has 0 spiro atoms. The van der Waals surface area contributed by atoms with Crippen LogP contribution in [0.25, 0.3) is 52.0 Å². The van der Waals surface area contributed by atoms with E-state index >= 15 is 0 Å². The molecule has 0 bridgehead atoms. The van der Waals surface area contributed by atoms with Crippen molar-refractivity contribution in [3.05, 3.63) is 106 Å². The molecule has 31 heavy (non-hydrogen) atoms. The average molecular weight is 405 g/mol. The third-order valence-corrected chi connectivity index (χ3v) is 5.79. The summed E-state index contributed by atoms with van der Waals surface area (Å²) in [6.45, 7) is 20.6. The van der Waals surface area contributed by atoms with Crippen molar-refractivity contribution in [2.24, 2.45) is 5.18 Å². The fourth-order valence-electron chi connectivity index (χ4n) is 4.07. The standard InChI is InChI=1S/C28H24N2O/c1-17(2)22-11-14-26-20(5)30(21(6)27(26)15-22)28-16-23(12-13-25(28)19(4)29-31)24-10-8-7-9-18(24)3/h7-16H,1,4-6H2,2-3H3. The summed E-state index contributed by atoms with van der Waals surface area (Å²) in [4.78, 5) is 11.4. The molecule has 0 radical (unpaired) electrons. The summed E-state index contributed by atoms with van der Waals surface area (Å²) in [6.07, 6.45) is 0. The van der Waals surface area contributed by atoms with Gasteiger partial charge in [-0.1, -0.05) is 74.4 Å². The second kappa shape index (κ2) is 7.69. The molecule has 0 saturated heterocycles. The van der Waals surface area contributed by atoms with Crippen molar-refractivity contribution in [2.45, 2.75) is 13.8 Å². The van der Waals surface area contributed by atoms with E-state index in [1.165, 1.54) is 5.56 Å². The van der Waals surface area contributed by atoms with Gasteiger partial charge in [-0.3, -0.25) is 0 Å². The first-order valence-corrected chi connectivity index (χ1v) is 10.0. The summed E-state index contributed by atoms with van der Waals surface area (Å²) < 4.78 is 1.99. The molecule has 1 aromatic heterocycles. The van der Waals surface area contributed by atoms with Crippen LogP contribution in [-0.2, 0) is 0 Å².